The van der Waals surface area contributed by atoms with Crippen molar-refractivity contribution in [1.82, 2.24) is 4.90 Å². The van der Waals surface area contributed by atoms with E-state index in [1.165, 1.54) is 180 Å². The van der Waals surface area contributed by atoms with Crippen molar-refractivity contribution in [3.63, 3.8) is 0 Å². The average Bonchev–Trinajstić information content (AvgIpc) is 3.14. The highest BCUT2D eigenvalue weighted by atomic mass is 16.5. The number of rotatable bonds is 44. The first-order valence-electron chi connectivity index (χ1n) is 23.8. The molecule has 0 bridgehead atoms. The molecular formula is C47H96N2O4. The summed E-state index contributed by atoms with van der Waals surface area (Å²) >= 11 is 0. The summed E-state index contributed by atoms with van der Waals surface area (Å²) in [6, 6.07) is 0. The zero-order valence-corrected chi connectivity index (χ0v) is 36.8. The largest absolute Gasteiger partial charge is 0.462 e. The number of nitrogens with two attached hydrogens (primary N) is 1. The molecule has 2 unspecified atom stereocenters. The highest BCUT2D eigenvalue weighted by Crippen LogP contribution is 2.19. The summed E-state index contributed by atoms with van der Waals surface area (Å²) in [4.78, 5) is 15.4. The van der Waals surface area contributed by atoms with Gasteiger partial charge in [-0.25, -0.2) is 0 Å². The summed E-state index contributed by atoms with van der Waals surface area (Å²) in [5.74, 6) is 0.0360. The fourth-order valence-corrected chi connectivity index (χ4v) is 7.37. The lowest BCUT2D eigenvalue weighted by Gasteiger charge is -2.23. The van der Waals surface area contributed by atoms with Crippen LogP contribution in [0.1, 0.15) is 247 Å². The third kappa shape index (κ3) is 40.8. The Morgan fingerprint density at radius 3 is 1.38 bits per heavy atom. The van der Waals surface area contributed by atoms with Crippen LogP contribution in [0.5, 0.6) is 0 Å². The highest BCUT2D eigenvalue weighted by Gasteiger charge is 2.14. The molecule has 0 aromatic heterocycles. The second-order valence-corrected chi connectivity index (χ2v) is 16.5. The molecule has 2 atom stereocenters. The smallest absolute Gasteiger partial charge is 0.306 e. The van der Waals surface area contributed by atoms with Crippen LogP contribution in [-0.4, -0.2) is 62.2 Å². The zero-order chi connectivity index (χ0) is 38.9. The van der Waals surface area contributed by atoms with E-state index in [1.807, 2.05) is 6.92 Å². The normalized spacial score (nSPS) is 13.0. The van der Waals surface area contributed by atoms with Gasteiger partial charge < -0.3 is 24.8 Å². The van der Waals surface area contributed by atoms with Crippen LogP contribution in [0.4, 0.5) is 0 Å². The molecule has 0 fully saturated rings. The zero-order valence-electron chi connectivity index (χ0n) is 36.8. The molecule has 0 aliphatic heterocycles. The summed E-state index contributed by atoms with van der Waals surface area (Å²) in [5.41, 5.74) is 5.85. The second-order valence-electron chi connectivity index (χ2n) is 16.5. The SMILES string of the molecule is CCCCCCCCCOC(C)CCCCCCCN(CCCCCCCC(=O)OC(CCCCCCCC)CCCCCCCC)CCOC(C)N. The molecule has 0 radical (unpaired) electrons. The van der Waals surface area contributed by atoms with Gasteiger partial charge in [0.15, 0.2) is 0 Å². The molecule has 318 valence electrons. The van der Waals surface area contributed by atoms with E-state index in [1.54, 1.807) is 0 Å². The lowest BCUT2D eigenvalue weighted by Crippen LogP contribution is -2.32. The standard InChI is InChI=1S/C47H96N2O4/c1-6-9-12-15-18-27-34-42-51-44(4)35-28-21-19-25-32-39-49(41-43-52-45(5)48)40-33-26-20-24-31-38-47(50)53-46(36-29-22-16-13-10-7-2)37-30-23-17-14-11-8-3/h44-46H,6-43,48H2,1-5H3. The Hall–Kier alpha value is -0.690. The van der Waals surface area contributed by atoms with Crippen molar-refractivity contribution < 1.29 is 19.0 Å². The molecule has 0 saturated carbocycles. The van der Waals surface area contributed by atoms with E-state index < -0.39 is 0 Å². The van der Waals surface area contributed by atoms with Gasteiger partial charge in [0.25, 0.3) is 0 Å². The first kappa shape index (κ1) is 52.3. The van der Waals surface area contributed by atoms with Crippen LogP contribution < -0.4 is 5.73 Å². The molecule has 0 spiro atoms. The van der Waals surface area contributed by atoms with Crippen LogP contribution in [0, 0.1) is 0 Å². The molecule has 0 heterocycles. The van der Waals surface area contributed by atoms with Crippen LogP contribution in [-0.2, 0) is 19.0 Å². The van der Waals surface area contributed by atoms with E-state index in [4.69, 9.17) is 19.9 Å². The maximum Gasteiger partial charge on any atom is 0.306 e. The summed E-state index contributed by atoms with van der Waals surface area (Å²) < 4.78 is 17.8. The topological polar surface area (TPSA) is 74.0 Å². The van der Waals surface area contributed by atoms with E-state index in [0.29, 0.717) is 19.1 Å². The molecule has 0 aliphatic rings. The number of carbonyl (C=O) groups excluding carboxylic acids is 1. The van der Waals surface area contributed by atoms with Crippen LogP contribution >= 0.6 is 0 Å². The summed E-state index contributed by atoms with van der Waals surface area (Å²) in [7, 11) is 0. The fourth-order valence-electron chi connectivity index (χ4n) is 7.37. The van der Waals surface area contributed by atoms with Crippen molar-refractivity contribution in [3.8, 4) is 0 Å². The van der Waals surface area contributed by atoms with Gasteiger partial charge in [0.2, 0.25) is 0 Å². The molecular weight excluding hydrogens is 657 g/mol. The van der Waals surface area contributed by atoms with Crippen molar-refractivity contribution in [1.29, 1.82) is 0 Å². The maximum absolute atomic E-state index is 12.8. The lowest BCUT2D eigenvalue weighted by atomic mass is 10.0. The predicted molar refractivity (Wildman–Crippen MR) is 231 cm³/mol. The van der Waals surface area contributed by atoms with Crippen molar-refractivity contribution in [2.45, 2.75) is 265 Å². The van der Waals surface area contributed by atoms with Crippen molar-refractivity contribution in [2.75, 3.05) is 32.8 Å². The first-order valence-corrected chi connectivity index (χ1v) is 23.8. The Kier molecular flexibility index (Phi) is 41.9. The molecule has 0 aromatic carbocycles. The van der Waals surface area contributed by atoms with E-state index in [0.717, 1.165) is 51.9 Å². The number of unbranched alkanes of at least 4 members (excludes halogenated alkanes) is 24. The van der Waals surface area contributed by atoms with Crippen LogP contribution in [0.3, 0.4) is 0 Å². The van der Waals surface area contributed by atoms with Gasteiger partial charge in [-0.1, -0.05) is 168 Å². The lowest BCUT2D eigenvalue weighted by molar-refractivity contribution is -0.150. The van der Waals surface area contributed by atoms with Crippen LogP contribution in [0.2, 0.25) is 0 Å². The maximum atomic E-state index is 12.8. The third-order valence-electron chi connectivity index (χ3n) is 10.9. The van der Waals surface area contributed by atoms with Crippen LogP contribution in [0.15, 0.2) is 0 Å². The van der Waals surface area contributed by atoms with Gasteiger partial charge in [-0.05, 0) is 84.7 Å². The minimum absolute atomic E-state index is 0.0360. The van der Waals surface area contributed by atoms with E-state index >= 15 is 0 Å². The van der Waals surface area contributed by atoms with E-state index in [9.17, 15) is 4.79 Å². The number of carbonyl (C=O) groups is 1. The second kappa shape index (κ2) is 42.5. The Morgan fingerprint density at radius 2 is 0.887 bits per heavy atom. The molecule has 2 N–H and O–H groups in total. The number of ether oxygens (including phenoxy) is 3. The summed E-state index contributed by atoms with van der Waals surface area (Å²) in [5, 5.41) is 0. The molecule has 0 amide bonds. The van der Waals surface area contributed by atoms with Crippen molar-refractivity contribution >= 4 is 5.97 Å². The summed E-state index contributed by atoms with van der Waals surface area (Å²) in [6.07, 6.45) is 41.3. The van der Waals surface area contributed by atoms with Crippen LogP contribution in [0.25, 0.3) is 0 Å². The molecule has 53 heavy (non-hydrogen) atoms. The van der Waals surface area contributed by atoms with Crippen molar-refractivity contribution in [3.05, 3.63) is 0 Å². The third-order valence-corrected chi connectivity index (χ3v) is 10.9. The molecule has 0 aromatic rings. The number of hydrogen-bond acceptors (Lipinski definition) is 6. The van der Waals surface area contributed by atoms with E-state index in [2.05, 4.69) is 32.6 Å². The monoisotopic (exact) mass is 753 g/mol. The Morgan fingerprint density at radius 1 is 0.472 bits per heavy atom. The van der Waals surface area contributed by atoms with Gasteiger partial charge in [0.1, 0.15) is 12.3 Å². The van der Waals surface area contributed by atoms with Gasteiger partial charge in [0.05, 0.1) is 12.7 Å². The number of esters is 1. The Balaban J connectivity index is 4.16. The Labute approximate surface area is 332 Å². The average molecular weight is 753 g/mol. The fraction of sp³-hybridized carbons (Fsp3) is 0.979. The van der Waals surface area contributed by atoms with Gasteiger partial charge in [-0.2, -0.15) is 0 Å². The van der Waals surface area contributed by atoms with Gasteiger partial charge in [-0.3, -0.25) is 4.79 Å². The van der Waals surface area contributed by atoms with E-state index in [-0.39, 0.29) is 18.3 Å². The van der Waals surface area contributed by atoms with Crippen molar-refractivity contribution in [2.24, 2.45) is 5.73 Å². The Bertz CT molecular complexity index is 705. The summed E-state index contributed by atoms with van der Waals surface area (Å²) in [6.45, 7) is 15.8. The molecule has 6 nitrogen and oxygen atoms in total. The van der Waals surface area contributed by atoms with Gasteiger partial charge >= 0.3 is 5.97 Å². The highest BCUT2D eigenvalue weighted by molar-refractivity contribution is 5.69. The molecule has 0 rings (SSSR count). The van der Waals surface area contributed by atoms with Gasteiger partial charge in [-0.15, -0.1) is 0 Å². The molecule has 0 saturated heterocycles. The minimum Gasteiger partial charge on any atom is -0.462 e. The van der Waals surface area contributed by atoms with Gasteiger partial charge in [0, 0.05) is 19.6 Å². The number of hydrogen-bond donors (Lipinski definition) is 1. The quantitative estimate of drug-likeness (QED) is 0.0379. The molecule has 6 heteroatoms. The molecule has 0 aliphatic carbocycles. The first-order chi connectivity index (χ1) is 25.9. The predicted octanol–water partition coefficient (Wildman–Crippen LogP) is 13.9. The minimum atomic E-state index is -0.202. The number of nitrogens with zero attached hydrogens (tertiary/aromatic N) is 1.